The largest absolute Gasteiger partial charge is 0.361 e. The van der Waals surface area contributed by atoms with Crippen LogP contribution >= 0.6 is 35.7 Å². The summed E-state index contributed by atoms with van der Waals surface area (Å²) >= 11 is 9.29. The number of thiocarbonyl (C=S) groups is 1. The summed E-state index contributed by atoms with van der Waals surface area (Å²) in [6, 6.07) is 10.4. The maximum atomic E-state index is 5.87. The van der Waals surface area contributed by atoms with Crippen LogP contribution in [0.25, 0.3) is 0 Å². The van der Waals surface area contributed by atoms with Crippen LogP contribution in [0.1, 0.15) is 71.4 Å². The van der Waals surface area contributed by atoms with E-state index < -0.39 is 0 Å². The van der Waals surface area contributed by atoms with E-state index in [-0.39, 0.29) is 10.8 Å². The summed E-state index contributed by atoms with van der Waals surface area (Å²) in [6.45, 7) is 16.2. The molecule has 0 aliphatic carbocycles. The molecule has 4 nitrogen and oxygen atoms in total. The number of hydrogen-bond acceptors (Lipinski definition) is 6. The minimum atomic E-state index is -0.0480. The summed E-state index contributed by atoms with van der Waals surface area (Å²) in [7, 11) is 0. The molecular formula is C24H33N3OS3. The van der Waals surface area contributed by atoms with Crippen LogP contribution in [-0.2, 0) is 11.2 Å². The Labute approximate surface area is 200 Å². The second kappa shape index (κ2) is 9.67. The minimum Gasteiger partial charge on any atom is -0.361 e. The van der Waals surface area contributed by atoms with E-state index in [1.54, 1.807) is 23.5 Å². The van der Waals surface area contributed by atoms with Gasteiger partial charge in [-0.3, -0.25) is 0 Å². The Balaban J connectivity index is 1.80. The van der Waals surface area contributed by atoms with Gasteiger partial charge in [-0.25, -0.2) is 4.99 Å². The third-order valence-corrected chi connectivity index (χ3v) is 8.02. The number of benzene rings is 1. The van der Waals surface area contributed by atoms with Gasteiger partial charge in [-0.15, -0.1) is 0 Å². The minimum absolute atomic E-state index is 0.0480. The lowest BCUT2D eigenvalue weighted by Crippen LogP contribution is -2.45. The second-order valence-electron chi connectivity index (χ2n) is 10.1. The zero-order valence-electron chi connectivity index (χ0n) is 19.6. The predicted molar refractivity (Wildman–Crippen MR) is 140 cm³/mol. The van der Waals surface area contributed by atoms with E-state index in [0.717, 1.165) is 38.9 Å². The molecule has 1 aromatic heterocycles. The fraction of sp³-hybridized carbons (Fsp3) is 0.542. The highest BCUT2D eigenvalue weighted by molar-refractivity contribution is 8.22. The molecule has 0 radical (unpaired) electrons. The van der Waals surface area contributed by atoms with E-state index in [4.69, 9.17) is 21.7 Å². The van der Waals surface area contributed by atoms with Crippen molar-refractivity contribution in [1.82, 2.24) is 10.1 Å². The first-order valence-electron chi connectivity index (χ1n) is 10.7. The number of nitrogens with zero attached hydrogens (tertiary/aromatic N) is 3. The Kier molecular flexibility index (Phi) is 7.59. The van der Waals surface area contributed by atoms with Crippen molar-refractivity contribution in [3.05, 3.63) is 47.3 Å². The number of para-hydroxylation sites is 1. The Morgan fingerprint density at radius 3 is 2.68 bits per heavy atom. The summed E-state index contributed by atoms with van der Waals surface area (Å²) in [6.07, 6.45) is 0. The van der Waals surface area contributed by atoms with Crippen LogP contribution in [0.2, 0.25) is 0 Å². The number of aromatic nitrogens is 1. The highest BCUT2D eigenvalue weighted by Gasteiger charge is 2.33. The lowest BCUT2D eigenvalue weighted by molar-refractivity contribution is 0.327. The fourth-order valence-corrected chi connectivity index (χ4v) is 5.49. The summed E-state index contributed by atoms with van der Waals surface area (Å²) in [5, 5.41) is 5.22. The van der Waals surface area contributed by atoms with Crippen molar-refractivity contribution in [1.29, 1.82) is 0 Å². The molecule has 0 saturated carbocycles. The number of hydrogen-bond donors (Lipinski definition) is 0. The summed E-state index contributed by atoms with van der Waals surface area (Å²) in [4.78, 5) is 7.27. The Bertz CT molecular complexity index is 957. The average molecular weight is 476 g/mol. The molecule has 31 heavy (non-hydrogen) atoms. The third-order valence-electron chi connectivity index (χ3n) is 5.05. The molecule has 1 aliphatic rings. The first-order chi connectivity index (χ1) is 14.5. The third kappa shape index (κ3) is 6.36. The molecule has 0 unspecified atom stereocenters. The molecule has 2 heterocycles. The van der Waals surface area contributed by atoms with Gasteiger partial charge in [-0.1, -0.05) is 108 Å². The Morgan fingerprint density at radius 1 is 1.32 bits per heavy atom. The number of aliphatic imine (C=N–C) groups is 1. The number of amidine groups is 1. The standard InChI is InChI=1S/C24H33N3OS3/c1-16(2)18-10-8-9-11-19(18)25-21-27(14-24(6,7)15-31-21)22(29)30-13-17-12-20(28-26-17)23(3,4)5/h8-12,16H,13-15H2,1-7H3. The molecule has 1 fully saturated rings. The van der Waals surface area contributed by atoms with Crippen molar-refractivity contribution < 1.29 is 4.52 Å². The van der Waals surface area contributed by atoms with E-state index in [0.29, 0.717) is 11.7 Å². The van der Waals surface area contributed by atoms with Crippen molar-refractivity contribution in [2.75, 3.05) is 12.3 Å². The van der Waals surface area contributed by atoms with Gasteiger partial charge in [0.25, 0.3) is 0 Å². The van der Waals surface area contributed by atoms with Crippen LogP contribution < -0.4 is 0 Å². The molecule has 168 valence electrons. The molecule has 0 amide bonds. The fourth-order valence-electron chi connectivity index (χ4n) is 3.24. The molecular weight excluding hydrogens is 442 g/mol. The van der Waals surface area contributed by atoms with Gasteiger partial charge in [0, 0.05) is 29.5 Å². The van der Waals surface area contributed by atoms with Crippen LogP contribution in [0.3, 0.4) is 0 Å². The molecule has 0 atom stereocenters. The molecule has 3 rings (SSSR count). The van der Waals surface area contributed by atoms with Gasteiger partial charge >= 0.3 is 0 Å². The van der Waals surface area contributed by atoms with Gasteiger partial charge in [0.1, 0.15) is 10.1 Å². The van der Waals surface area contributed by atoms with Crippen molar-refractivity contribution in [2.24, 2.45) is 10.4 Å². The van der Waals surface area contributed by atoms with E-state index >= 15 is 0 Å². The van der Waals surface area contributed by atoms with E-state index in [1.165, 1.54) is 5.56 Å². The molecule has 1 aliphatic heterocycles. The smallest absolute Gasteiger partial charge is 0.169 e. The van der Waals surface area contributed by atoms with Crippen molar-refractivity contribution >= 4 is 50.9 Å². The van der Waals surface area contributed by atoms with E-state index in [9.17, 15) is 0 Å². The van der Waals surface area contributed by atoms with E-state index in [2.05, 4.69) is 82.8 Å². The first-order valence-corrected chi connectivity index (χ1v) is 13.0. The average Bonchev–Trinajstić information content (AvgIpc) is 3.17. The van der Waals surface area contributed by atoms with Crippen molar-refractivity contribution in [3.63, 3.8) is 0 Å². The number of rotatable bonds is 4. The van der Waals surface area contributed by atoms with Crippen LogP contribution in [-0.4, -0.2) is 31.8 Å². The zero-order valence-corrected chi connectivity index (χ0v) is 22.0. The number of thioether (sulfide) groups is 2. The lowest BCUT2D eigenvalue weighted by atomic mass is 9.93. The molecule has 0 bridgehead atoms. The quantitative estimate of drug-likeness (QED) is 0.430. The predicted octanol–water partition coefficient (Wildman–Crippen LogP) is 7.38. The molecule has 7 heteroatoms. The highest BCUT2D eigenvalue weighted by atomic mass is 32.2. The first kappa shape index (κ1) is 24.3. The van der Waals surface area contributed by atoms with Gasteiger partial charge < -0.3 is 9.42 Å². The SMILES string of the molecule is CC(C)c1ccccc1N=C1SCC(C)(C)CN1C(=S)SCc1cc(C(C)(C)C)on1. The van der Waals surface area contributed by atoms with Gasteiger partial charge in [0.05, 0.1) is 11.4 Å². The second-order valence-corrected chi connectivity index (χ2v) is 12.7. The summed E-state index contributed by atoms with van der Waals surface area (Å²) < 4.78 is 6.36. The maximum Gasteiger partial charge on any atom is 0.169 e. The van der Waals surface area contributed by atoms with Crippen LogP contribution in [0, 0.1) is 5.41 Å². The van der Waals surface area contributed by atoms with Gasteiger partial charge in [0.15, 0.2) is 5.17 Å². The maximum absolute atomic E-state index is 5.87. The molecule has 0 spiro atoms. The lowest BCUT2D eigenvalue weighted by Gasteiger charge is -2.39. The van der Waals surface area contributed by atoms with Crippen molar-refractivity contribution in [3.8, 4) is 0 Å². The van der Waals surface area contributed by atoms with Crippen LogP contribution in [0.4, 0.5) is 5.69 Å². The van der Waals surface area contributed by atoms with Crippen LogP contribution in [0.15, 0.2) is 39.8 Å². The normalized spacial score (nSPS) is 18.1. The van der Waals surface area contributed by atoms with Gasteiger partial charge in [0.2, 0.25) is 0 Å². The highest BCUT2D eigenvalue weighted by Crippen LogP contribution is 2.36. The summed E-state index contributed by atoms with van der Waals surface area (Å²) in [5.74, 6) is 3.04. The van der Waals surface area contributed by atoms with Gasteiger partial charge in [-0.2, -0.15) is 0 Å². The Hall–Kier alpha value is -1.31. The molecule has 2 aromatic rings. The van der Waals surface area contributed by atoms with Crippen LogP contribution in [0.5, 0.6) is 0 Å². The summed E-state index contributed by atoms with van der Waals surface area (Å²) in [5.41, 5.74) is 3.33. The topological polar surface area (TPSA) is 41.6 Å². The van der Waals surface area contributed by atoms with Gasteiger partial charge in [-0.05, 0) is 23.0 Å². The molecule has 0 N–H and O–H groups in total. The zero-order chi connectivity index (χ0) is 22.8. The molecule has 1 aromatic carbocycles. The van der Waals surface area contributed by atoms with E-state index in [1.807, 2.05) is 6.07 Å². The van der Waals surface area contributed by atoms with Crippen molar-refractivity contribution in [2.45, 2.75) is 65.6 Å². The monoisotopic (exact) mass is 475 g/mol. The molecule has 1 saturated heterocycles. The Morgan fingerprint density at radius 2 is 2.03 bits per heavy atom.